The number of nitrogens with one attached hydrogen (secondary N) is 1. The van der Waals surface area contributed by atoms with Crippen molar-refractivity contribution in [1.29, 1.82) is 0 Å². The number of hydrogen-bond acceptors (Lipinski definition) is 14. The van der Waals surface area contributed by atoms with Gasteiger partial charge >= 0.3 is 5.97 Å². The third-order valence-corrected chi connectivity index (χ3v) is 12.6. The largest absolute Gasteiger partial charge is 0.459 e. The van der Waals surface area contributed by atoms with E-state index in [9.17, 15) is 24.9 Å². The van der Waals surface area contributed by atoms with E-state index < -0.39 is 83.6 Å². The summed E-state index contributed by atoms with van der Waals surface area (Å²) in [5, 5.41) is 38.1. The number of pyridine rings is 1. The molecule has 4 fully saturated rings. The molecule has 4 aliphatic heterocycles. The number of primary amides is 1. The molecule has 1 amide bonds. The molecule has 15 nitrogen and oxygen atoms in total. The summed E-state index contributed by atoms with van der Waals surface area (Å²) < 4.78 is 33.9. The minimum atomic E-state index is -1.74. The normalized spacial score (nSPS) is 42.0. The van der Waals surface area contributed by atoms with E-state index >= 15 is 0 Å². The van der Waals surface area contributed by atoms with Gasteiger partial charge in [0.2, 0.25) is 5.91 Å². The van der Waals surface area contributed by atoms with Gasteiger partial charge < -0.3 is 59.9 Å². The molecule has 15 heteroatoms. The van der Waals surface area contributed by atoms with E-state index in [0.717, 1.165) is 0 Å². The van der Waals surface area contributed by atoms with Gasteiger partial charge in [-0.1, -0.05) is 20.8 Å². The van der Waals surface area contributed by atoms with Crippen LogP contribution in [0.1, 0.15) is 97.9 Å². The fourth-order valence-electron chi connectivity index (χ4n) is 9.35. The van der Waals surface area contributed by atoms with Crippen LogP contribution in [0.25, 0.3) is 0 Å². The highest BCUT2D eigenvalue weighted by Crippen LogP contribution is 2.48. The number of rotatable bonds is 6. The number of hydrogen-bond donors (Lipinski definition) is 5. The Morgan fingerprint density at radius 3 is 2.38 bits per heavy atom. The molecule has 14 atom stereocenters. The monoisotopic (exact) mass is 777 g/mol. The average molecular weight is 778 g/mol. The van der Waals surface area contributed by atoms with Crippen LogP contribution in [-0.2, 0) is 28.5 Å². The van der Waals surface area contributed by atoms with E-state index in [4.69, 9.17) is 29.4 Å². The van der Waals surface area contributed by atoms with Gasteiger partial charge in [0.25, 0.3) is 0 Å². The van der Waals surface area contributed by atoms with E-state index in [2.05, 4.69) is 22.1 Å². The van der Waals surface area contributed by atoms with Crippen molar-refractivity contribution in [2.45, 2.75) is 159 Å². The van der Waals surface area contributed by atoms with E-state index in [1.165, 1.54) is 13.1 Å². The zero-order chi connectivity index (χ0) is 40.6. The highest BCUT2D eigenvalue weighted by Gasteiger charge is 2.58. The second-order valence-electron chi connectivity index (χ2n) is 17.5. The summed E-state index contributed by atoms with van der Waals surface area (Å²) in [4.78, 5) is 34.5. The SMILES string of the molecule is CC[C@H]1OC(=O)[C@H](C)[C@H]2OC3(CCN(c4ccc(C(N)=O)cn4)CC3)O[C@](C)(C[C@@H](C)CN[C@H](C)[C@@H](O)[C@]1(C)O)[C@H](O[C@@H]1O[C@H](C)CC(N(C)C)[C@H]1O)[C@H]2C. The first-order valence-corrected chi connectivity index (χ1v) is 20.1. The van der Waals surface area contributed by atoms with Gasteiger partial charge in [0.1, 0.15) is 29.7 Å². The highest BCUT2D eigenvalue weighted by atomic mass is 16.7. The van der Waals surface area contributed by atoms with Crippen molar-refractivity contribution in [3.63, 3.8) is 0 Å². The van der Waals surface area contributed by atoms with Gasteiger partial charge in [-0.15, -0.1) is 0 Å². The first-order valence-electron chi connectivity index (χ1n) is 20.1. The Morgan fingerprint density at radius 1 is 1.13 bits per heavy atom. The summed E-state index contributed by atoms with van der Waals surface area (Å²) >= 11 is 0. The summed E-state index contributed by atoms with van der Waals surface area (Å²) in [6, 6.07) is 2.69. The maximum atomic E-state index is 14.3. The van der Waals surface area contributed by atoms with Crippen LogP contribution in [0.2, 0.25) is 0 Å². The lowest BCUT2D eigenvalue weighted by Gasteiger charge is -2.49. The molecule has 1 unspecified atom stereocenters. The fraction of sp³-hybridized carbons (Fsp3) is 0.825. The van der Waals surface area contributed by atoms with Gasteiger partial charge in [-0.2, -0.15) is 0 Å². The van der Waals surface area contributed by atoms with Gasteiger partial charge in [-0.3, -0.25) is 9.59 Å². The number of aliphatic hydroxyl groups excluding tert-OH is 2. The van der Waals surface area contributed by atoms with Gasteiger partial charge in [0.15, 0.2) is 12.1 Å². The van der Waals surface area contributed by atoms with Gasteiger partial charge in [-0.05, 0) is 92.6 Å². The van der Waals surface area contributed by atoms with Crippen LogP contribution < -0.4 is 16.0 Å². The van der Waals surface area contributed by atoms with Crippen LogP contribution in [0.3, 0.4) is 0 Å². The molecule has 4 aliphatic rings. The Morgan fingerprint density at radius 2 is 1.80 bits per heavy atom. The number of ether oxygens (including phenoxy) is 5. The smallest absolute Gasteiger partial charge is 0.311 e. The number of likely N-dealkylation sites (N-methyl/N-ethyl adjacent to an activating group) is 1. The molecule has 5 rings (SSSR count). The Hall–Kier alpha value is -2.47. The molecule has 1 aromatic heterocycles. The van der Waals surface area contributed by atoms with Crippen molar-refractivity contribution < 1.29 is 48.6 Å². The molecule has 1 aromatic rings. The Labute approximate surface area is 326 Å². The van der Waals surface area contributed by atoms with Crippen LogP contribution in [0.5, 0.6) is 0 Å². The average Bonchev–Trinajstić information content (AvgIpc) is 3.21. The van der Waals surface area contributed by atoms with Crippen LogP contribution in [0.4, 0.5) is 5.82 Å². The number of cyclic esters (lactones) is 1. The molecular formula is C40H67N5O10. The van der Waals surface area contributed by atoms with E-state index in [1.54, 1.807) is 26.0 Å². The molecule has 6 N–H and O–H groups in total. The zero-order valence-electron chi connectivity index (χ0n) is 34.4. The second-order valence-corrected chi connectivity index (χ2v) is 17.5. The number of anilines is 1. The van der Waals surface area contributed by atoms with Gasteiger partial charge in [0, 0.05) is 50.1 Å². The molecule has 0 aromatic carbocycles. The number of aromatic nitrogens is 1. The number of amides is 1. The van der Waals surface area contributed by atoms with Crippen molar-refractivity contribution >= 4 is 17.7 Å². The number of carbonyl (C=O) groups excluding carboxylic acids is 2. The summed E-state index contributed by atoms with van der Waals surface area (Å²) in [6.07, 6.45) is -2.17. The Balaban J connectivity index is 1.57. The molecule has 2 bridgehead atoms. The lowest BCUT2D eigenvalue weighted by atomic mass is 9.78. The molecule has 0 radical (unpaired) electrons. The molecular weight excluding hydrogens is 710 g/mol. The lowest BCUT2D eigenvalue weighted by Crippen LogP contribution is -2.60. The first-order chi connectivity index (χ1) is 25.7. The molecule has 0 aliphatic carbocycles. The fourth-order valence-corrected chi connectivity index (χ4v) is 9.35. The lowest BCUT2D eigenvalue weighted by molar-refractivity contribution is -0.327. The molecule has 5 heterocycles. The Kier molecular flexibility index (Phi) is 13.6. The third-order valence-electron chi connectivity index (χ3n) is 12.6. The van der Waals surface area contributed by atoms with Gasteiger partial charge in [0.05, 0.1) is 35.4 Å². The van der Waals surface area contributed by atoms with Crippen LogP contribution in [-0.4, -0.2) is 143 Å². The number of piperidine rings is 1. The zero-order valence-corrected chi connectivity index (χ0v) is 34.4. The van der Waals surface area contributed by atoms with Crippen LogP contribution in [0.15, 0.2) is 18.3 Å². The quantitative estimate of drug-likeness (QED) is 0.264. The standard InChI is InChI=1S/C40H67N5O10/c1-11-29-39(8,50)33(47)26(6)42-20-22(2)19-38(7)34(53-37-31(46)28(44(9)10)18-23(3)51-37)24(4)32(25(5)36(49)52-29)54-40(55-38)14-16-45(17-15-40)30-13-12-27(21-43-30)35(41)48/h12-13,21-26,28-29,31-34,37,42,46-47,50H,11,14-20H2,1-10H3,(H2,41,48)/t22-,23-,24+,25-,26-,28?,29-,31-,32+,33-,34-,37+,38-,39-/m1/s1. The topological polar surface area (TPSA) is 198 Å². The molecule has 55 heavy (non-hydrogen) atoms. The number of nitrogens with two attached hydrogens (primary N) is 1. The van der Waals surface area contributed by atoms with Crippen molar-refractivity contribution in [2.75, 3.05) is 38.6 Å². The van der Waals surface area contributed by atoms with E-state index in [0.29, 0.717) is 56.7 Å². The van der Waals surface area contributed by atoms with Gasteiger partial charge in [-0.25, -0.2) is 4.98 Å². The van der Waals surface area contributed by atoms with Crippen molar-refractivity contribution in [1.82, 2.24) is 15.2 Å². The minimum absolute atomic E-state index is 0.0300. The minimum Gasteiger partial charge on any atom is -0.459 e. The molecule has 1 spiro atoms. The predicted octanol–water partition coefficient (Wildman–Crippen LogP) is 2.19. The number of nitrogens with zero attached hydrogens (tertiary/aromatic N) is 3. The second kappa shape index (κ2) is 17.2. The van der Waals surface area contributed by atoms with Crippen molar-refractivity contribution in [3.05, 3.63) is 23.9 Å². The van der Waals surface area contributed by atoms with E-state index in [-0.39, 0.29) is 24.5 Å². The van der Waals surface area contributed by atoms with Crippen LogP contribution in [0, 0.1) is 17.8 Å². The molecule has 0 saturated carbocycles. The molecule has 4 saturated heterocycles. The maximum Gasteiger partial charge on any atom is 0.311 e. The summed E-state index contributed by atoms with van der Waals surface area (Å²) in [5.41, 5.74) is 3.01. The summed E-state index contributed by atoms with van der Waals surface area (Å²) in [7, 11) is 3.86. The number of fused-ring (bicyclic) bond motifs is 3. The van der Waals surface area contributed by atoms with E-state index in [1.807, 2.05) is 46.7 Å². The summed E-state index contributed by atoms with van der Waals surface area (Å²) in [6.45, 7) is 16.4. The van der Waals surface area contributed by atoms with Crippen molar-refractivity contribution in [3.8, 4) is 0 Å². The third kappa shape index (κ3) is 9.31. The first kappa shape index (κ1) is 43.6. The highest BCUT2D eigenvalue weighted by molar-refractivity contribution is 5.92. The molecule has 312 valence electrons. The predicted molar refractivity (Wildman–Crippen MR) is 205 cm³/mol. The number of carbonyl (C=O) groups is 2. The number of aliphatic hydroxyl groups is 3. The number of esters is 1. The Bertz CT molecular complexity index is 1460. The summed E-state index contributed by atoms with van der Waals surface area (Å²) in [5.74, 6) is -2.95. The van der Waals surface area contributed by atoms with Crippen molar-refractivity contribution in [2.24, 2.45) is 23.5 Å². The van der Waals surface area contributed by atoms with Crippen LogP contribution >= 0.6 is 0 Å². The maximum absolute atomic E-state index is 14.3.